The fraction of sp³-hybridized carbons (Fsp3) is 0.417. The maximum Gasteiger partial charge on any atom is 0.410 e. The predicted octanol–water partition coefficient (Wildman–Crippen LogP) is 9.76. The van der Waals surface area contributed by atoms with Crippen LogP contribution in [0.15, 0.2) is 97.1 Å². The number of ether oxygens (including phenoxy) is 4. The minimum atomic E-state index is -0.382. The Kier molecular flexibility index (Phi) is 11.7. The number of aromatic nitrogens is 4. The smallest absolute Gasteiger partial charge is 0.410 e. The fourth-order valence-corrected chi connectivity index (χ4v) is 8.36. The largest absolute Gasteiger partial charge is 0.445 e. The molecule has 2 aromatic heterocycles. The van der Waals surface area contributed by atoms with Crippen LogP contribution in [0.25, 0.3) is 22.1 Å². The first kappa shape index (κ1) is 41.0. The van der Waals surface area contributed by atoms with Crippen LogP contribution < -0.4 is 0 Å². The zero-order chi connectivity index (χ0) is 42.0. The lowest BCUT2D eigenvalue weighted by Gasteiger charge is -2.25. The van der Waals surface area contributed by atoms with Gasteiger partial charge in [0.15, 0.2) is 0 Å². The lowest BCUT2D eigenvalue weighted by molar-refractivity contribution is -0.0543. The number of nitrogens with zero attached hydrogens (tertiary/aromatic N) is 4. The number of H-pyrrole nitrogens is 2. The number of fused-ring (bicyclic) bond motifs is 2. The quantitative estimate of drug-likeness (QED) is 0.132. The van der Waals surface area contributed by atoms with Crippen LogP contribution in [0.3, 0.4) is 0 Å². The van der Waals surface area contributed by atoms with Gasteiger partial charge >= 0.3 is 12.2 Å². The topological polar surface area (TPSA) is 135 Å². The number of aromatic amines is 2. The zero-order valence-corrected chi connectivity index (χ0v) is 35.4. The van der Waals surface area contributed by atoms with E-state index in [9.17, 15) is 9.59 Å². The van der Waals surface area contributed by atoms with Crippen LogP contribution >= 0.6 is 0 Å². The maximum atomic E-state index is 13.5. The number of carbonyl (C=O) groups is 2. The number of aryl methyl sites for hydroxylation is 2. The summed E-state index contributed by atoms with van der Waals surface area (Å²) < 4.78 is 24.3. The summed E-state index contributed by atoms with van der Waals surface area (Å²) in [6.45, 7) is 13.4. The van der Waals surface area contributed by atoms with E-state index < -0.39 is 0 Å². The molecular weight excluding hydrogens is 757 g/mol. The molecule has 0 bridgehead atoms. The van der Waals surface area contributed by atoms with E-state index in [2.05, 4.69) is 34.2 Å². The van der Waals surface area contributed by atoms with Crippen molar-refractivity contribution < 1.29 is 28.5 Å². The normalized spacial score (nSPS) is 19.7. The molecule has 2 N–H and O–H groups in total. The summed E-state index contributed by atoms with van der Waals surface area (Å²) in [5.74, 6) is 1.45. The molecule has 4 aromatic carbocycles. The van der Waals surface area contributed by atoms with Crippen molar-refractivity contribution in [3.63, 3.8) is 0 Å². The number of hydrogen-bond acceptors (Lipinski definition) is 8. The second-order valence-electron chi connectivity index (χ2n) is 18.0. The molecule has 12 heteroatoms. The third-order valence-electron chi connectivity index (χ3n) is 10.9. The number of likely N-dealkylation sites (tertiary alicyclic amines) is 2. The van der Waals surface area contributed by atoms with Gasteiger partial charge in [-0.25, -0.2) is 19.6 Å². The van der Waals surface area contributed by atoms with E-state index >= 15 is 0 Å². The van der Waals surface area contributed by atoms with Gasteiger partial charge in [0, 0.05) is 12.8 Å². The molecule has 0 aliphatic carbocycles. The Bertz CT molecular complexity index is 2250. The van der Waals surface area contributed by atoms with Gasteiger partial charge in [0.1, 0.15) is 24.9 Å². The summed E-state index contributed by atoms with van der Waals surface area (Å²) in [5, 5.41) is 0. The highest BCUT2D eigenvalue weighted by molar-refractivity contribution is 5.78. The van der Waals surface area contributed by atoms with Gasteiger partial charge < -0.3 is 28.9 Å². The molecule has 0 saturated carbocycles. The molecule has 6 aromatic rings. The standard InChI is InChI=1S/C48H56N6O6/c1-47(2,3)59-35-25-41(53(27-35)45(55)57-29-33-13-9-7-10-14-33)43-49-37-21-19-31(23-39(37)51-43)17-18-32-20-22-38-40(24-32)52-44(50-38)42-26-36(60-48(4,5)6)28-54(42)46(56)58-30-34-15-11-8-12-16-34/h7-16,19-24,35-36,41-42H,17-18,25-30H2,1-6H3,(H,49,51)(H,50,52)/t35-,36-,41+,42+/m1/s1. The SMILES string of the molecule is CC(C)(C)O[C@@H]1C[C@@H](c2nc3ccc(CCc4ccc5nc([C@@H]6C[C@@H](OC(C)(C)C)CN6C(=O)OCc6ccccc6)[nH]c5c4)cc3[nH]2)N(C(=O)OCc2ccccc2)C1. The van der Waals surface area contributed by atoms with E-state index in [4.69, 9.17) is 28.9 Å². The minimum absolute atomic E-state index is 0.149. The number of rotatable bonds is 11. The number of amides is 2. The maximum absolute atomic E-state index is 13.5. The third kappa shape index (κ3) is 10.00. The van der Waals surface area contributed by atoms with Crippen molar-refractivity contribution in [3.05, 3.63) is 131 Å². The highest BCUT2D eigenvalue weighted by Gasteiger charge is 2.42. The third-order valence-corrected chi connectivity index (χ3v) is 10.9. The molecular formula is C48H56N6O6. The number of imidazole rings is 2. The summed E-state index contributed by atoms with van der Waals surface area (Å²) in [7, 11) is 0. The number of benzene rings is 4. The van der Waals surface area contributed by atoms with Gasteiger partial charge in [0.2, 0.25) is 0 Å². The molecule has 0 spiro atoms. The van der Waals surface area contributed by atoms with Crippen molar-refractivity contribution >= 4 is 34.3 Å². The van der Waals surface area contributed by atoms with Crippen molar-refractivity contribution in [1.82, 2.24) is 29.7 Å². The monoisotopic (exact) mass is 812 g/mol. The summed E-state index contributed by atoms with van der Waals surface area (Å²) >= 11 is 0. The average Bonchev–Trinajstić information content (AvgIpc) is 4.02. The summed E-state index contributed by atoms with van der Waals surface area (Å²) in [6.07, 6.45) is 1.80. The van der Waals surface area contributed by atoms with Crippen LogP contribution in [0.2, 0.25) is 0 Å². The Morgan fingerprint density at radius 1 is 0.583 bits per heavy atom. The lowest BCUT2D eigenvalue weighted by atomic mass is 10.0. The van der Waals surface area contributed by atoms with Crippen LogP contribution in [0, 0.1) is 0 Å². The van der Waals surface area contributed by atoms with Gasteiger partial charge in [-0.1, -0.05) is 72.8 Å². The summed E-state index contributed by atoms with van der Waals surface area (Å²) in [6, 6.07) is 31.4. The molecule has 60 heavy (non-hydrogen) atoms. The van der Waals surface area contributed by atoms with Gasteiger partial charge in [0.25, 0.3) is 0 Å². The summed E-state index contributed by atoms with van der Waals surface area (Å²) in [4.78, 5) is 47.5. The first-order valence-corrected chi connectivity index (χ1v) is 21.0. The first-order valence-electron chi connectivity index (χ1n) is 21.0. The molecule has 0 radical (unpaired) electrons. The number of hydrogen-bond donors (Lipinski definition) is 2. The van der Waals surface area contributed by atoms with Crippen molar-refractivity contribution in [1.29, 1.82) is 0 Å². The average molecular weight is 813 g/mol. The first-order chi connectivity index (χ1) is 28.7. The van der Waals surface area contributed by atoms with Crippen molar-refractivity contribution in [3.8, 4) is 0 Å². The van der Waals surface area contributed by atoms with Crippen LogP contribution in [-0.2, 0) is 45.0 Å². The highest BCUT2D eigenvalue weighted by atomic mass is 16.6. The Morgan fingerprint density at radius 2 is 0.983 bits per heavy atom. The lowest BCUT2D eigenvalue weighted by Crippen LogP contribution is -2.34. The van der Waals surface area contributed by atoms with Crippen LogP contribution in [0.5, 0.6) is 0 Å². The molecule has 12 nitrogen and oxygen atoms in total. The van der Waals surface area contributed by atoms with Gasteiger partial charge in [-0.3, -0.25) is 9.80 Å². The molecule has 0 unspecified atom stereocenters. The van der Waals surface area contributed by atoms with Crippen LogP contribution in [0.1, 0.15) is 100 Å². The van der Waals surface area contributed by atoms with Gasteiger partial charge in [-0.05, 0) is 101 Å². The molecule has 2 aliphatic rings. The molecule has 2 saturated heterocycles. The molecule has 4 heterocycles. The van der Waals surface area contributed by atoms with E-state index in [0.717, 1.165) is 57.7 Å². The van der Waals surface area contributed by atoms with Gasteiger partial charge in [0.05, 0.1) is 70.7 Å². The van der Waals surface area contributed by atoms with E-state index in [-0.39, 0.29) is 60.9 Å². The van der Waals surface area contributed by atoms with Crippen LogP contribution in [0.4, 0.5) is 9.59 Å². The molecule has 2 amide bonds. The Morgan fingerprint density at radius 3 is 1.37 bits per heavy atom. The van der Waals surface area contributed by atoms with Crippen molar-refractivity contribution in [2.45, 2.75) is 116 Å². The zero-order valence-electron chi connectivity index (χ0n) is 35.4. The van der Waals surface area contributed by atoms with E-state index in [0.29, 0.717) is 25.9 Å². The molecule has 8 rings (SSSR count). The second-order valence-corrected chi connectivity index (χ2v) is 18.0. The second kappa shape index (κ2) is 17.1. The number of nitrogens with one attached hydrogen (secondary N) is 2. The fourth-order valence-electron chi connectivity index (χ4n) is 8.36. The van der Waals surface area contributed by atoms with Gasteiger partial charge in [-0.15, -0.1) is 0 Å². The Hall–Kier alpha value is -5.72. The van der Waals surface area contributed by atoms with E-state index in [1.165, 1.54) is 11.1 Å². The predicted molar refractivity (Wildman–Crippen MR) is 230 cm³/mol. The molecule has 2 fully saturated rings. The minimum Gasteiger partial charge on any atom is -0.445 e. The highest BCUT2D eigenvalue weighted by Crippen LogP contribution is 2.37. The van der Waals surface area contributed by atoms with Crippen molar-refractivity contribution in [2.75, 3.05) is 13.1 Å². The molecule has 314 valence electrons. The Balaban J connectivity index is 0.947. The Labute approximate surface area is 351 Å². The molecule has 2 aliphatic heterocycles. The van der Waals surface area contributed by atoms with Crippen LogP contribution in [-0.4, -0.2) is 78.4 Å². The van der Waals surface area contributed by atoms with E-state index in [1.54, 1.807) is 9.80 Å². The summed E-state index contributed by atoms with van der Waals surface area (Å²) in [5.41, 5.74) is 7.03. The van der Waals surface area contributed by atoms with E-state index in [1.807, 2.05) is 114 Å². The van der Waals surface area contributed by atoms with Gasteiger partial charge in [-0.2, -0.15) is 0 Å². The number of carbonyl (C=O) groups excluding carboxylic acids is 2. The van der Waals surface area contributed by atoms with Crippen molar-refractivity contribution in [2.24, 2.45) is 0 Å². The molecule has 4 atom stereocenters.